The highest BCUT2D eigenvalue weighted by atomic mass is 15.1. The second-order valence-electron chi connectivity index (χ2n) is 5.34. The minimum atomic E-state index is 0.426. The maximum Gasteiger partial charge on any atom is 0.0555 e. The van der Waals surface area contributed by atoms with Crippen LogP contribution in [0, 0.1) is 17.8 Å². The highest BCUT2D eigenvalue weighted by molar-refractivity contribution is 5.41. The van der Waals surface area contributed by atoms with Gasteiger partial charge < -0.3 is 5.73 Å². The van der Waals surface area contributed by atoms with Gasteiger partial charge in [0.2, 0.25) is 0 Å². The first-order chi connectivity index (χ1) is 9.33. The van der Waals surface area contributed by atoms with Gasteiger partial charge in [0, 0.05) is 18.7 Å². The lowest BCUT2D eigenvalue weighted by atomic mass is 10.1. The normalized spacial score (nSPS) is 14.3. The van der Waals surface area contributed by atoms with Gasteiger partial charge in [0.1, 0.15) is 0 Å². The second kappa shape index (κ2) is 7.33. The van der Waals surface area contributed by atoms with E-state index in [-0.39, 0.29) is 0 Å². The van der Waals surface area contributed by atoms with Crippen molar-refractivity contribution in [2.24, 2.45) is 11.7 Å². The predicted octanol–water partition coefficient (Wildman–Crippen LogP) is 2.62. The molecule has 0 spiro atoms. The van der Waals surface area contributed by atoms with Crippen molar-refractivity contribution in [1.82, 2.24) is 4.90 Å². The van der Waals surface area contributed by atoms with Gasteiger partial charge in [-0.2, -0.15) is 0 Å². The molecule has 1 aromatic carbocycles. The van der Waals surface area contributed by atoms with Crippen LogP contribution in [0.2, 0.25) is 0 Å². The molecular weight excluding hydrogens is 232 g/mol. The summed E-state index contributed by atoms with van der Waals surface area (Å²) in [5, 5.41) is 0. The smallest absolute Gasteiger partial charge is 0.0555 e. The van der Waals surface area contributed by atoms with Crippen molar-refractivity contribution in [1.29, 1.82) is 0 Å². The van der Waals surface area contributed by atoms with E-state index in [1.165, 1.54) is 37.9 Å². The van der Waals surface area contributed by atoms with Crippen LogP contribution >= 0.6 is 0 Å². The Balaban J connectivity index is 2.06. The van der Waals surface area contributed by atoms with E-state index in [1.807, 2.05) is 0 Å². The third kappa shape index (κ3) is 4.70. The molecule has 2 nitrogen and oxygen atoms in total. The molecule has 0 heterocycles. The third-order valence-corrected chi connectivity index (χ3v) is 3.49. The van der Waals surface area contributed by atoms with E-state index in [1.54, 1.807) is 0 Å². The molecule has 1 saturated carbocycles. The Hall–Kier alpha value is -1.30. The van der Waals surface area contributed by atoms with Crippen LogP contribution < -0.4 is 5.73 Å². The first kappa shape index (κ1) is 14.1. The summed E-state index contributed by atoms with van der Waals surface area (Å²) >= 11 is 0. The Kier molecular flexibility index (Phi) is 5.44. The summed E-state index contributed by atoms with van der Waals surface area (Å²) in [5.74, 6) is 7.09. The standard InChI is InChI=1S/C17H24N2/c1-2-12-19(13-15-9-10-15)14-17-7-4-3-6-16(17)8-5-11-18/h3-4,6-7,15H,2,9-14,18H2,1H3. The molecule has 0 bridgehead atoms. The number of nitrogens with zero attached hydrogens (tertiary/aromatic N) is 1. The minimum absolute atomic E-state index is 0.426. The molecule has 102 valence electrons. The minimum Gasteiger partial charge on any atom is -0.320 e. The van der Waals surface area contributed by atoms with Crippen molar-refractivity contribution >= 4 is 0 Å². The highest BCUT2D eigenvalue weighted by Gasteiger charge is 2.24. The molecule has 0 saturated heterocycles. The summed E-state index contributed by atoms with van der Waals surface area (Å²) in [5.41, 5.74) is 7.93. The molecule has 1 aromatic rings. The molecular formula is C17H24N2. The number of nitrogens with two attached hydrogens (primary N) is 1. The van der Waals surface area contributed by atoms with Crippen molar-refractivity contribution in [2.45, 2.75) is 32.7 Å². The van der Waals surface area contributed by atoms with Crippen molar-refractivity contribution < 1.29 is 0 Å². The Labute approximate surface area is 117 Å². The van der Waals surface area contributed by atoms with E-state index < -0.39 is 0 Å². The average Bonchev–Trinajstić information content (AvgIpc) is 3.22. The first-order valence-corrected chi connectivity index (χ1v) is 7.32. The molecule has 0 atom stereocenters. The molecule has 2 rings (SSSR count). The number of benzene rings is 1. The summed E-state index contributed by atoms with van der Waals surface area (Å²) in [6.45, 7) is 6.11. The van der Waals surface area contributed by atoms with Crippen LogP contribution in [-0.4, -0.2) is 24.5 Å². The van der Waals surface area contributed by atoms with Crippen molar-refractivity contribution in [2.75, 3.05) is 19.6 Å². The van der Waals surface area contributed by atoms with E-state index in [4.69, 9.17) is 5.73 Å². The summed E-state index contributed by atoms with van der Waals surface area (Å²) in [4.78, 5) is 2.57. The number of rotatable bonds is 6. The number of hydrogen-bond acceptors (Lipinski definition) is 2. The van der Waals surface area contributed by atoms with E-state index in [2.05, 4.69) is 47.9 Å². The Morgan fingerprint density at radius 1 is 1.32 bits per heavy atom. The van der Waals surface area contributed by atoms with Crippen LogP contribution in [0.5, 0.6) is 0 Å². The third-order valence-electron chi connectivity index (χ3n) is 3.49. The average molecular weight is 256 g/mol. The van der Waals surface area contributed by atoms with Gasteiger partial charge in [0.15, 0.2) is 0 Å². The summed E-state index contributed by atoms with van der Waals surface area (Å²) in [6.07, 6.45) is 4.03. The van der Waals surface area contributed by atoms with E-state index in [9.17, 15) is 0 Å². The molecule has 2 heteroatoms. The second-order valence-corrected chi connectivity index (χ2v) is 5.34. The van der Waals surface area contributed by atoms with E-state index in [0.29, 0.717) is 6.54 Å². The predicted molar refractivity (Wildman–Crippen MR) is 80.7 cm³/mol. The van der Waals surface area contributed by atoms with Gasteiger partial charge >= 0.3 is 0 Å². The van der Waals surface area contributed by atoms with Crippen LogP contribution in [0.4, 0.5) is 0 Å². The topological polar surface area (TPSA) is 29.3 Å². The Morgan fingerprint density at radius 3 is 2.79 bits per heavy atom. The highest BCUT2D eigenvalue weighted by Crippen LogP contribution is 2.30. The van der Waals surface area contributed by atoms with Crippen LogP contribution in [0.1, 0.15) is 37.3 Å². The van der Waals surface area contributed by atoms with Crippen molar-refractivity contribution in [3.8, 4) is 11.8 Å². The van der Waals surface area contributed by atoms with Crippen LogP contribution in [0.25, 0.3) is 0 Å². The molecule has 19 heavy (non-hydrogen) atoms. The fraction of sp³-hybridized carbons (Fsp3) is 0.529. The van der Waals surface area contributed by atoms with Crippen molar-refractivity contribution in [3.05, 3.63) is 35.4 Å². The van der Waals surface area contributed by atoms with Crippen LogP contribution in [0.3, 0.4) is 0 Å². The molecule has 1 fully saturated rings. The van der Waals surface area contributed by atoms with Gasteiger partial charge in [0.25, 0.3) is 0 Å². The molecule has 1 aliphatic carbocycles. The lowest BCUT2D eigenvalue weighted by Crippen LogP contribution is -2.26. The Morgan fingerprint density at radius 2 is 2.11 bits per heavy atom. The molecule has 0 radical (unpaired) electrons. The maximum atomic E-state index is 5.47. The van der Waals surface area contributed by atoms with Crippen LogP contribution in [-0.2, 0) is 6.54 Å². The van der Waals surface area contributed by atoms with Crippen LogP contribution in [0.15, 0.2) is 24.3 Å². The molecule has 2 N–H and O–H groups in total. The molecule has 1 aliphatic rings. The summed E-state index contributed by atoms with van der Waals surface area (Å²) in [6, 6.07) is 8.44. The summed E-state index contributed by atoms with van der Waals surface area (Å²) < 4.78 is 0. The van der Waals surface area contributed by atoms with Gasteiger partial charge in [-0.05, 0) is 43.4 Å². The van der Waals surface area contributed by atoms with Gasteiger partial charge in [-0.3, -0.25) is 4.90 Å². The van der Waals surface area contributed by atoms with Gasteiger partial charge in [-0.25, -0.2) is 0 Å². The zero-order valence-electron chi connectivity index (χ0n) is 11.9. The monoisotopic (exact) mass is 256 g/mol. The van der Waals surface area contributed by atoms with E-state index >= 15 is 0 Å². The quantitative estimate of drug-likeness (QED) is 0.793. The molecule has 0 aromatic heterocycles. The summed E-state index contributed by atoms with van der Waals surface area (Å²) in [7, 11) is 0. The van der Waals surface area contributed by atoms with Crippen molar-refractivity contribution in [3.63, 3.8) is 0 Å². The fourth-order valence-electron chi connectivity index (χ4n) is 2.38. The zero-order chi connectivity index (χ0) is 13.5. The molecule has 0 aliphatic heterocycles. The van der Waals surface area contributed by atoms with Gasteiger partial charge in [0.05, 0.1) is 6.54 Å². The number of hydrogen-bond donors (Lipinski definition) is 1. The Bertz CT molecular complexity index is 452. The van der Waals surface area contributed by atoms with Gasteiger partial charge in [-0.1, -0.05) is 37.0 Å². The lowest BCUT2D eigenvalue weighted by molar-refractivity contribution is 0.255. The van der Waals surface area contributed by atoms with E-state index in [0.717, 1.165) is 18.0 Å². The first-order valence-electron chi connectivity index (χ1n) is 7.32. The molecule has 0 unspecified atom stereocenters. The SMILES string of the molecule is CCCN(Cc1ccccc1C#CCN)CC1CC1. The maximum absolute atomic E-state index is 5.47. The molecule has 0 amide bonds. The largest absolute Gasteiger partial charge is 0.320 e. The lowest BCUT2D eigenvalue weighted by Gasteiger charge is -2.22. The van der Waals surface area contributed by atoms with Gasteiger partial charge in [-0.15, -0.1) is 0 Å². The zero-order valence-corrected chi connectivity index (χ0v) is 11.9. The fourth-order valence-corrected chi connectivity index (χ4v) is 2.38.